The normalized spacial score (nSPS) is 19.0. The second kappa shape index (κ2) is 13.4. The van der Waals surface area contributed by atoms with Gasteiger partial charge in [0.15, 0.2) is 5.96 Å². The van der Waals surface area contributed by atoms with Crippen LogP contribution in [0, 0.1) is 0 Å². The Morgan fingerprint density at radius 2 is 1.81 bits per heavy atom. The summed E-state index contributed by atoms with van der Waals surface area (Å²) in [6.07, 6.45) is 3.12. The minimum atomic E-state index is -0.0514. The lowest BCUT2D eigenvalue weighted by Crippen LogP contribution is -2.51. The van der Waals surface area contributed by atoms with E-state index in [2.05, 4.69) is 63.1 Å². The minimum Gasteiger partial charge on any atom is -0.356 e. The Morgan fingerprint density at radius 3 is 2.44 bits per heavy atom. The smallest absolute Gasteiger partial charge is 0.221 e. The molecule has 7 heteroatoms. The lowest BCUT2D eigenvalue weighted by Gasteiger charge is -2.38. The first-order valence-electron chi connectivity index (χ1n) is 11.1. The van der Waals surface area contributed by atoms with E-state index in [4.69, 9.17) is 0 Å². The number of anilines is 1. The van der Waals surface area contributed by atoms with E-state index >= 15 is 0 Å². The fourth-order valence-electron chi connectivity index (χ4n) is 4.08. The molecule has 0 spiro atoms. The van der Waals surface area contributed by atoms with Crippen LogP contribution in [0.15, 0.2) is 59.6 Å². The summed E-state index contributed by atoms with van der Waals surface area (Å²) >= 11 is 0. The zero-order valence-corrected chi connectivity index (χ0v) is 21.6. The van der Waals surface area contributed by atoms with E-state index in [0.29, 0.717) is 12.1 Å². The molecule has 2 aromatic rings. The van der Waals surface area contributed by atoms with Crippen LogP contribution in [0.1, 0.15) is 37.8 Å². The Hall–Kier alpha value is -2.13. The Labute approximate surface area is 209 Å². The molecule has 1 heterocycles. The molecule has 32 heavy (non-hydrogen) atoms. The average molecular weight is 550 g/mol. The lowest BCUT2D eigenvalue weighted by atomic mass is 9.97. The number of aliphatic imine (C=N–C) groups is 1. The number of nitrogens with zero attached hydrogens (tertiary/aromatic N) is 2. The number of hydrogen-bond donors (Lipinski definition) is 3. The number of rotatable bonds is 7. The largest absolute Gasteiger partial charge is 0.356 e. The molecule has 2 atom stereocenters. The number of benzene rings is 2. The minimum absolute atomic E-state index is 0. The van der Waals surface area contributed by atoms with Gasteiger partial charge in [0.05, 0.1) is 0 Å². The van der Waals surface area contributed by atoms with Crippen LogP contribution in [0.3, 0.4) is 0 Å². The number of carbonyl (C=O) groups is 1. The maximum atomic E-state index is 11.1. The maximum Gasteiger partial charge on any atom is 0.221 e. The molecule has 3 N–H and O–H groups in total. The van der Waals surface area contributed by atoms with Gasteiger partial charge in [-0.3, -0.25) is 14.7 Å². The molecule has 6 nitrogen and oxygen atoms in total. The summed E-state index contributed by atoms with van der Waals surface area (Å²) in [4.78, 5) is 18.1. The molecule has 3 rings (SSSR count). The van der Waals surface area contributed by atoms with E-state index in [1.807, 2.05) is 31.3 Å². The molecular formula is C25H36IN5O. The van der Waals surface area contributed by atoms with Gasteiger partial charge in [-0.05, 0) is 49.4 Å². The fraction of sp³-hybridized carbons (Fsp3) is 0.440. The van der Waals surface area contributed by atoms with Gasteiger partial charge in [0.2, 0.25) is 5.91 Å². The molecule has 0 radical (unpaired) electrons. The van der Waals surface area contributed by atoms with E-state index in [-0.39, 0.29) is 29.9 Å². The molecule has 2 unspecified atom stereocenters. The first-order chi connectivity index (χ1) is 15.0. The second-order valence-electron chi connectivity index (χ2n) is 8.30. The van der Waals surface area contributed by atoms with Crippen LogP contribution in [0.5, 0.6) is 0 Å². The van der Waals surface area contributed by atoms with Gasteiger partial charge in [-0.2, -0.15) is 0 Å². The van der Waals surface area contributed by atoms with E-state index < -0.39 is 0 Å². The SMILES string of the molecule is CN=C(NCCc1ccc(NC(C)=O)cc1)NC1CCN(Cc2ccccc2)C(C)C1.I. The predicted molar refractivity (Wildman–Crippen MR) is 144 cm³/mol. The van der Waals surface area contributed by atoms with E-state index in [1.54, 1.807) is 0 Å². The van der Waals surface area contributed by atoms with Crippen molar-refractivity contribution >= 4 is 41.5 Å². The number of hydrogen-bond acceptors (Lipinski definition) is 3. The summed E-state index contributed by atoms with van der Waals surface area (Å²) < 4.78 is 0. The first kappa shape index (κ1) is 26.1. The van der Waals surface area contributed by atoms with Crippen molar-refractivity contribution in [3.05, 3.63) is 65.7 Å². The monoisotopic (exact) mass is 549 g/mol. The first-order valence-corrected chi connectivity index (χ1v) is 11.1. The third kappa shape index (κ3) is 8.43. The molecule has 1 amide bonds. The van der Waals surface area contributed by atoms with E-state index in [9.17, 15) is 4.79 Å². The fourth-order valence-corrected chi connectivity index (χ4v) is 4.08. The van der Waals surface area contributed by atoms with Gasteiger partial charge in [-0.1, -0.05) is 42.5 Å². The van der Waals surface area contributed by atoms with Gasteiger partial charge in [-0.25, -0.2) is 0 Å². The van der Waals surface area contributed by atoms with Crippen LogP contribution in [-0.4, -0.2) is 49.0 Å². The lowest BCUT2D eigenvalue weighted by molar-refractivity contribution is -0.114. The number of halogens is 1. The summed E-state index contributed by atoms with van der Waals surface area (Å²) in [5, 5.41) is 9.83. The van der Waals surface area contributed by atoms with Gasteiger partial charge in [0.1, 0.15) is 0 Å². The number of carbonyl (C=O) groups excluding carboxylic acids is 1. The number of nitrogens with one attached hydrogen (secondary N) is 3. The molecule has 2 aromatic carbocycles. The highest BCUT2D eigenvalue weighted by Crippen LogP contribution is 2.20. The third-order valence-electron chi connectivity index (χ3n) is 5.79. The van der Waals surface area contributed by atoms with Crippen molar-refractivity contribution < 1.29 is 4.79 Å². The number of piperidine rings is 1. The molecule has 1 aliphatic rings. The van der Waals surface area contributed by atoms with Gasteiger partial charge < -0.3 is 16.0 Å². The number of amides is 1. The summed E-state index contributed by atoms with van der Waals surface area (Å²) in [7, 11) is 1.82. The van der Waals surface area contributed by atoms with Crippen LogP contribution in [0.2, 0.25) is 0 Å². The maximum absolute atomic E-state index is 11.1. The van der Waals surface area contributed by atoms with Crippen LogP contribution >= 0.6 is 24.0 Å². The third-order valence-corrected chi connectivity index (χ3v) is 5.79. The molecule has 1 saturated heterocycles. The zero-order chi connectivity index (χ0) is 22.1. The highest BCUT2D eigenvalue weighted by Gasteiger charge is 2.25. The van der Waals surface area contributed by atoms with Gasteiger partial charge in [0.25, 0.3) is 0 Å². The molecule has 174 valence electrons. The summed E-state index contributed by atoms with van der Waals surface area (Å²) in [5.74, 6) is 0.813. The van der Waals surface area contributed by atoms with Crippen molar-refractivity contribution in [1.29, 1.82) is 0 Å². The van der Waals surface area contributed by atoms with Crippen molar-refractivity contribution in [2.24, 2.45) is 4.99 Å². The van der Waals surface area contributed by atoms with Gasteiger partial charge in [0, 0.05) is 51.4 Å². The Kier molecular flexibility index (Phi) is 11.0. The van der Waals surface area contributed by atoms with Crippen LogP contribution in [0.4, 0.5) is 5.69 Å². The molecule has 0 aliphatic carbocycles. The summed E-state index contributed by atoms with van der Waals surface area (Å²) in [5.41, 5.74) is 3.43. The van der Waals surface area contributed by atoms with E-state index in [1.165, 1.54) is 18.1 Å². The quantitative estimate of drug-likeness (QED) is 0.277. The van der Waals surface area contributed by atoms with Crippen molar-refractivity contribution in [3.8, 4) is 0 Å². The zero-order valence-electron chi connectivity index (χ0n) is 19.3. The molecule has 1 fully saturated rings. The van der Waals surface area contributed by atoms with Gasteiger partial charge in [-0.15, -0.1) is 24.0 Å². The van der Waals surface area contributed by atoms with Crippen LogP contribution in [0.25, 0.3) is 0 Å². The van der Waals surface area contributed by atoms with Crippen molar-refractivity contribution in [2.75, 3.05) is 25.5 Å². The van der Waals surface area contributed by atoms with Crippen molar-refractivity contribution in [1.82, 2.24) is 15.5 Å². The van der Waals surface area contributed by atoms with Crippen LogP contribution in [-0.2, 0) is 17.8 Å². The predicted octanol–water partition coefficient (Wildman–Crippen LogP) is 4.02. The molecule has 0 aromatic heterocycles. The molecule has 1 aliphatic heterocycles. The van der Waals surface area contributed by atoms with E-state index in [0.717, 1.165) is 50.5 Å². The number of likely N-dealkylation sites (tertiary alicyclic amines) is 1. The Balaban J connectivity index is 0.00000363. The molecule has 0 saturated carbocycles. The van der Waals surface area contributed by atoms with Crippen LogP contribution < -0.4 is 16.0 Å². The standard InChI is InChI=1S/C25H35N5O.HI/c1-19-17-24(14-16-30(19)18-22-7-5-4-6-8-22)29-25(26-3)27-15-13-21-9-11-23(12-10-21)28-20(2)31;/h4-12,19,24H,13-18H2,1-3H3,(H,28,31)(H2,26,27,29);1H. The number of guanidine groups is 1. The Bertz CT molecular complexity index is 856. The van der Waals surface area contributed by atoms with Crippen molar-refractivity contribution in [2.45, 2.75) is 51.7 Å². The van der Waals surface area contributed by atoms with Crippen molar-refractivity contribution in [3.63, 3.8) is 0 Å². The highest BCUT2D eigenvalue weighted by atomic mass is 127. The second-order valence-corrected chi connectivity index (χ2v) is 8.30. The molecule has 0 bridgehead atoms. The van der Waals surface area contributed by atoms with Gasteiger partial charge >= 0.3 is 0 Å². The summed E-state index contributed by atoms with van der Waals surface area (Å²) in [6, 6.07) is 19.7. The topological polar surface area (TPSA) is 68.8 Å². The molecular weight excluding hydrogens is 513 g/mol. The average Bonchev–Trinajstić information content (AvgIpc) is 2.76. The summed E-state index contributed by atoms with van der Waals surface area (Å²) in [6.45, 7) is 6.75. The highest BCUT2D eigenvalue weighted by molar-refractivity contribution is 14.0. The Morgan fingerprint density at radius 1 is 1.09 bits per heavy atom.